The van der Waals surface area contributed by atoms with Crippen LogP contribution in [-0.2, 0) is 9.84 Å². The minimum Gasteiger partial charge on any atom is -0.398 e. The summed E-state index contributed by atoms with van der Waals surface area (Å²) < 4.78 is 47.5. The molecular formula is C11H14F2N2O3S. The summed E-state index contributed by atoms with van der Waals surface area (Å²) in [5, 5.41) is 2.39. The van der Waals surface area contributed by atoms with Crippen molar-refractivity contribution in [1.29, 1.82) is 0 Å². The molecule has 0 atom stereocenters. The number of sulfone groups is 1. The number of halogens is 2. The van der Waals surface area contributed by atoms with Crippen LogP contribution in [0.25, 0.3) is 0 Å². The lowest BCUT2D eigenvalue weighted by Gasteiger charge is -2.07. The van der Waals surface area contributed by atoms with E-state index in [1.165, 1.54) is 0 Å². The van der Waals surface area contributed by atoms with Crippen molar-refractivity contribution in [2.45, 2.75) is 6.42 Å². The topological polar surface area (TPSA) is 89.3 Å². The number of benzene rings is 1. The van der Waals surface area contributed by atoms with E-state index in [4.69, 9.17) is 5.73 Å². The second-order valence-corrected chi connectivity index (χ2v) is 6.35. The first-order chi connectivity index (χ1) is 8.70. The Bertz CT molecular complexity index is 588. The van der Waals surface area contributed by atoms with E-state index in [0.717, 1.165) is 12.3 Å². The second kappa shape index (κ2) is 5.96. The molecule has 0 aliphatic rings. The molecule has 0 spiro atoms. The van der Waals surface area contributed by atoms with Gasteiger partial charge in [-0.3, -0.25) is 4.79 Å². The van der Waals surface area contributed by atoms with Crippen LogP contribution < -0.4 is 11.1 Å². The molecule has 0 aliphatic heterocycles. The fourth-order valence-corrected chi connectivity index (χ4v) is 2.06. The van der Waals surface area contributed by atoms with E-state index >= 15 is 0 Å². The lowest BCUT2D eigenvalue weighted by Crippen LogP contribution is -2.26. The Labute approximate surface area is 109 Å². The highest BCUT2D eigenvalue weighted by molar-refractivity contribution is 7.90. The molecule has 1 aromatic rings. The number of rotatable bonds is 5. The molecule has 8 heteroatoms. The van der Waals surface area contributed by atoms with Crippen LogP contribution in [-0.4, -0.2) is 32.9 Å². The van der Waals surface area contributed by atoms with Gasteiger partial charge in [0.2, 0.25) is 0 Å². The molecule has 3 N–H and O–H groups in total. The zero-order valence-electron chi connectivity index (χ0n) is 10.2. The summed E-state index contributed by atoms with van der Waals surface area (Å²) in [5.74, 6) is -3.05. The lowest BCUT2D eigenvalue weighted by atomic mass is 10.1. The molecule has 19 heavy (non-hydrogen) atoms. The average Bonchev–Trinajstić information content (AvgIpc) is 2.28. The van der Waals surface area contributed by atoms with Crippen molar-refractivity contribution in [3.8, 4) is 0 Å². The molecule has 0 bridgehead atoms. The van der Waals surface area contributed by atoms with Crippen LogP contribution in [0.3, 0.4) is 0 Å². The fourth-order valence-electron chi connectivity index (χ4n) is 1.39. The van der Waals surface area contributed by atoms with Crippen molar-refractivity contribution < 1.29 is 22.0 Å². The minimum absolute atomic E-state index is 0.0689. The number of nitrogen functional groups attached to an aromatic ring is 1. The van der Waals surface area contributed by atoms with Gasteiger partial charge >= 0.3 is 0 Å². The van der Waals surface area contributed by atoms with Crippen molar-refractivity contribution in [3.63, 3.8) is 0 Å². The molecule has 0 radical (unpaired) electrons. The maximum Gasteiger partial charge on any atom is 0.253 e. The van der Waals surface area contributed by atoms with E-state index in [0.29, 0.717) is 6.07 Å². The molecule has 1 aromatic carbocycles. The third-order valence-corrected chi connectivity index (χ3v) is 3.34. The molecular weight excluding hydrogens is 278 g/mol. The first kappa shape index (κ1) is 15.4. The summed E-state index contributed by atoms with van der Waals surface area (Å²) >= 11 is 0. The van der Waals surface area contributed by atoms with Gasteiger partial charge in [0, 0.05) is 24.6 Å². The molecule has 0 saturated carbocycles. The largest absolute Gasteiger partial charge is 0.398 e. The monoisotopic (exact) mass is 292 g/mol. The third-order valence-electron chi connectivity index (χ3n) is 2.31. The van der Waals surface area contributed by atoms with Crippen molar-refractivity contribution in [2.24, 2.45) is 0 Å². The zero-order chi connectivity index (χ0) is 14.6. The summed E-state index contributed by atoms with van der Waals surface area (Å²) in [6.07, 6.45) is 1.32. The average molecular weight is 292 g/mol. The van der Waals surface area contributed by atoms with Gasteiger partial charge in [-0.25, -0.2) is 17.2 Å². The van der Waals surface area contributed by atoms with Gasteiger partial charge in [0.1, 0.15) is 9.84 Å². The molecule has 0 saturated heterocycles. The number of carbonyl (C=O) groups excluding carboxylic acids is 1. The summed E-state index contributed by atoms with van der Waals surface area (Å²) in [7, 11) is -3.09. The normalized spacial score (nSPS) is 11.3. The van der Waals surface area contributed by atoms with Gasteiger partial charge in [0.05, 0.1) is 11.3 Å². The summed E-state index contributed by atoms with van der Waals surface area (Å²) in [6.45, 7) is 0.102. The number of anilines is 1. The van der Waals surface area contributed by atoms with Gasteiger partial charge in [-0.15, -0.1) is 0 Å². The lowest BCUT2D eigenvalue weighted by molar-refractivity contribution is 0.0954. The molecule has 0 heterocycles. The van der Waals surface area contributed by atoms with Gasteiger partial charge in [-0.05, 0) is 12.5 Å². The van der Waals surface area contributed by atoms with Gasteiger partial charge < -0.3 is 11.1 Å². The van der Waals surface area contributed by atoms with Crippen LogP contribution >= 0.6 is 0 Å². The van der Waals surface area contributed by atoms with E-state index in [1.54, 1.807) is 0 Å². The summed E-state index contributed by atoms with van der Waals surface area (Å²) in [5.41, 5.74) is 5.04. The first-order valence-corrected chi connectivity index (χ1v) is 7.47. The van der Waals surface area contributed by atoms with Crippen molar-refractivity contribution >= 4 is 21.4 Å². The number of amides is 1. The zero-order valence-corrected chi connectivity index (χ0v) is 11.1. The van der Waals surface area contributed by atoms with Gasteiger partial charge in [0.15, 0.2) is 11.6 Å². The molecule has 1 rings (SSSR count). The molecule has 1 amide bonds. The Morgan fingerprint density at radius 3 is 2.47 bits per heavy atom. The number of nitrogens with two attached hydrogens (primary N) is 1. The SMILES string of the molecule is CS(=O)(=O)CCCNC(=O)c1cc(F)c(F)cc1N. The van der Waals surface area contributed by atoms with Crippen LogP contribution in [0.1, 0.15) is 16.8 Å². The predicted octanol–water partition coefficient (Wildman–Crippen LogP) is 0.712. The summed E-state index contributed by atoms with van der Waals surface area (Å²) in [4.78, 5) is 11.6. The highest BCUT2D eigenvalue weighted by atomic mass is 32.2. The molecule has 0 aliphatic carbocycles. The molecule has 0 fully saturated rings. The Morgan fingerprint density at radius 2 is 1.89 bits per heavy atom. The third kappa shape index (κ3) is 4.82. The van der Waals surface area contributed by atoms with Crippen LogP contribution in [0.15, 0.2) is 12.1 Å². The van der Waals surface area contributed by atoms with Crippen LogP contribution in [0.2, 0.25) is 0 Å². The number of carbonyl (C=O) groups is 1. The van der Waals surface area contributed by atoms with Crippen molar-refractivity contribution in [1.82, 2.24) is 5.32 Å². The highest BCUT2D eigenvalue weighted by Gasteiger charge is 2.14. The fraction of sp³-hybridized carbons (Fsp3) is 0.364. The van der Waals surface area contributed by atoms with Crippen molar-refractivity contribution in [3.05, 3.63) is 29.3 Å². The van der Waals surface area contributed by atoms with Crippen molar-refractivity contribution in [2.75, 3.05) is 24.3 Å². The Hall–Kier alpha value is -1.70. The van der Waals surface area contributed by atoms with Gasteiger partial charge in [0.25, 0.3) is 5.91 Å². The number of hydrogen-bond donors (Lipinski definition) is 2. The Kier molecular flexibility index (Phi) is 4.82. The first-order valence-electron chi connectivity index (χ1n) is 5.41. The summed E-state index contributed by atoms with van der Waals surface area (Å²) in [6, 6.07) is 1.43. The van der Waals surface area contributed by atoms with E-state index in [9.17, 15) is 22.0 Å². The van der Waals surface area contributed by atoms with Crippen LogP contribution in [0.4, 0.5) is 14.5 Å². The maximum absolute atomic E-state index is 13.0. The smallest absolute Gasteiger partial charge is 0.253 e. The molecule has 0 aromatic heterocycles. The molecule has 5 nitrogen and oxygen atoms in total. The van der Waals surface area contributed by atoms with Crippen LogP contribution in [0.5, 0.6) is 0 Å². The number of hydrogen-bond acceptors (Lipinski definition) is 4. The Balaban J connectivity index is 2.62. The Morgan fingerprint density at radius 1 is 1.32 bits per heavy atom. The maximum atomic E-state index is 13.0. The second-order valence-electron chi connectivity index (χ2n) is 4.09. The minimum atomic E-state index is -3.09. The molecule has 0 unspecified atom stereocenters. The van der Waals surface area contributed by atoms with E-state index < -0.39 is 27.4 Å². The van der Waals surface area contributed by atoms with E-state index in [-0.39, 0.29) is 30.0 Å². The molecule has 106 valence electrons. The van der Waals surface area contributed by atoms with E-state index in [2.05, 4.69) is 5.32 Å². The van der Waals surface area contributed by atoms with Gasteiger partial charge in [-0.2, -0.15) is 0 Å². The number of nitrogens with one attached hydrogen (secondary N) is 1. The van der Waals surface area contributed by atoms with Gasteiger partial charge in [-0.1, -0.05) is 0 Å². The predicted molar refractivity (Wildman–Crippen MR) is 67.4 cm³/mol. The standard InChI is InChI=1S/C11H14F2N2O3S/c1-19(17,18)4-2-3-15-11(16)7-5-8(12)9(13)6-10(7)14/h5-6H,2-4,14H2,1H3,(H,15,16). The van der Waals surface area contributed by atoms with E-state index in [1.807, 2.05) is 0 Å². The highest BCUT2D eigenvalue weighted by Crippen LogP contribution is 2.16. The van der Waals surface area contributed by atoms with Crippen LogP contribution in [0, 0.1) is 11.6 Å². The quantitative estimate of drug-likeness (QED) is 0.618.